The summed E-state index contributed by atoms with van der Waals surface area (Å²) in [6, 6.07) is 16.3. The second-order valence-electron chi connectivity index (χ2n) is 6.30. The Labute approximate surface area is 175 Å². The zero-order valence-electron chi connectivity index (χ0n) is 15.7. The predicted molar refractivity (Wildman–Crippen MR) is 113 cm³/mol. The number of rotatable bonds is 5. The highest BCUT2D eigenvalue weighted by molar-refractivity contribution is 8.19. The number of methoxy groups -OCH3 is 1. The van der Waals surface area contributed by atoms with Gasteiger partial charge in [0.25, 0.3) is 11.1 Å². The molecule has 150 valence electrons. The molecule has 3 aromatic rings. The third-order valence-electron chi connectivity index (χ3n) is 4.42. The minimum Gasteiger partial charge on any atom is -0.497 e. The van der Waals surface area contributed by atoms with Crippen LogP contribution in [0.3, 0.4) is 0 Å². The van der Waals surface area contributed by atoms with Crippen LogP contribution in [0.25, 0.3) is 17.4 Å². The molecule has 0 atom stereocenters. The van der Waals surface area contributed by atoms with Gasteiger partial charge in [0.15, 0.2) is 0 Å². The standard InChI is InChI=1S/C22H15NO6S/c1-28-16-7-5-15(6-8-16)23-20(24)19(30-22(23)27)12-17-9-10-18(29-17)13-3-2-4-14(11-13)21(25)26/h2-12H,1H3,(H,25,26)/b19-12+. The van der Waals surface area contributed by atoms with Gasteiger partial charge in [0.1, 0.15) is 17.3 Å². The normalized spacial score (nSPS) is 15.1. The van der Waals surface area contributed by atoms with E-state index in [2.05, 4.69) is 0 Å². The lowest BCUT2D eigenvalue weighted by atomic mass is 10.1. The van der Waals surface area contributed by atoms with Crippen LogP contribution in [-0.4, -0.2) is 29.3 Å². The summed E-state index contributed by atoms with van der Waals surface area (Å²) in [7, 11) is 1.54. The third-order valence-corrected chi connectivity index (χ3v) is 5.29. The van der Waals surface area contributed by atoms with Crippen molar-refractivity contribution in [3.8, 4) is 17.1 Å². The zero-order valence-corrected chi connectivity index (χ0v) is 16.5. The second kappa shape index (κ2) is 7.92. The number of imide groups is 1. The Balaban J connectivity index is 1.58. The van der Waals surface area contributed by atoms with Crippen LogP contribution in [0.15, 0.2) is 70.0 Å². The molecule has 1 fully saturated rings. The maximum atomic E-state index is 12.7. The quantitative estimate of drug-likeness (QED) is 0.586. The van der Waals surface area contributed by atoms with Crippen LogP contribution >= 0.6 is 11.8 Å². The zero-order chi connectivity index (χ0) is 21.3. The molecule has 0 saturated carbocycles. The number of thioether (sulfide) groups is 1. The van der Waals surface area contributed by atoms with Gasteiger partial charge in [0.05, 0.1) is 23.3 Å². The molecule has 2 heterocycles. The Bertz CT molecular complexity index is 1180. The van der Waals surface area contributed by atoms with E-state index in [1.54, 1.807) is 48.5 Å². The van der Waals surface area contributed by atoms with Crippen LogP contribution in [0.4, 0.5) is 10.5 Å². The van der Waals surface area contributed by atoms with Crippen molar-refractivity contribution in [1.29, 1.82) is 0 Å². The fourth-order valence-corrected chi connectivity index (χ4v) is 3.76. The van der Waals surface area contributed by atoms with Crippen LogP contribution < -0.4 is 9.64 Å². The van der Waals surface area contributed by atoms with Gasteiger partial charge in [-0.15, -0.1) is 0 Å². The van der Waals surface area contributed by atoms with Crippen molar-refractivity contribution in [2.75, 3.05) is 12.0 Å². The largest absolute Gasteiger partial charge is 0.497 e. The molecule has 1 N–H and O–H groups in total. The molecule has 7 nitrogen and oxygen atoms in total. The number of carbonyl (C=O) groups is 3. The minimum atomic E-state index is -1.03. The third kappa shape index (κ3) is 3.72. The highest BCUT2D eigenvalue weighted by Gasteiger charge is 2.36. The van der Waals surface area contributed by atoms with Crippen molar-refractivity contribution in [3.63, 3.8) is 0 Å². The first-order valence-electron chi connectivity index (χ1n) is 8.82. The maximum absolute atomic E-state index is 12.7. The number of ether oxygens (including phenoxy) is 1. The summed E-state index contributed by atoms with van der Waals surface area (Å²) >= 11 is 0.822. The summed E-state index contributed by atoms with van der Waals surface area (Å²) < 4.78 is 10.8. The number of hydrogen-bond acceptors (Lipinski definition) is 6. The van der Waals surface area contributed by atoms with Crippen LogP contribution in [0, 0.1) is 0 Å². The number of anilines is 1. The van der Waals surface area contributed by atoms with E-state index in [4.69, 9.17) is 14.3 Å². The number of carboxylic acid groups (broad SMARTS) is 1. The molecule has 2 aromatic carbocycles. The van der Waals surface area contributed by atoms with Crippen molar-refractivity contribution < 1.29 is 28.6 Å². The minimum absolute atomic E-state index is 0.145. The van der Waals surface area contributed by atoms with E-state index >= 15 is 0 Å². The van der Waals surface area contributed by atoms with Gasteiger partial charge in [-0.1, -0.05) is 12.1 Å². The van der Waals surface area contributed by atoms with Crippen LogP contribution in [0.5, 0.6) is 5.75 Å². The highest BCUT2D eigenvalue weighted by atomic mass is 32.2. The van der Waals surface area contributed by atoms with E-state index in [1.165, 1.54) is 25.3 Å². The number of furan rings is 1. The summed E-state index contributed by atoms with van der Waals surface area (Å²) in [5.41, 5.74) is 1.19. The van der Waals surface area contributed by atoms with Crippen LogP contribution in [0.2, 0.25) is 0 Å². The molecule has 0 bridgehead atoms. The van der Waals surface area contributed by atoms with E-state index < -0.39 is 17.1 Å². The molecule has 1 aromatic heterocycles. The molecule has 1 aliphatic heterocycles. The van der Waals surface area contributed by atoms with Crippen molar-refractivity contribution in [1.82, 2.24) is 0 Å². The van der Waals surface area contributed by atoms with Gasteiger partial charge in [-0.3, -0.25) is 9.59 Å². The van der Waals surface area contributed by atoms with Crippen LogP contribution in [-0.2, 0) is 4.79 Å². The first-order chi connectivity index (χ1) is 14.5. The van der Waals surface area contributed by atoms with E-state index in [9.17, 15) is 14.4 Å². The molecule has 1 saturated heterocycles. The van der Waals surface area contributed by atoms with Gasteiger partial charge >= 0.3 is 5.97 Å². The molecule has 4 rings (SSSR count). The van der Waals surface area contributed by atoms with Gasteiger partial charge in [0.2, 0.25) is 0 Å². The summed E-state index contributed by atoms with van der Waals surface area (Å²) in [4.78, 5) is 37.6. The van der Waals surface area contributed by atoms with E-state index in [-0.39, 0.29) is 10.5 Å². The Hall–Kier alpha value is -3.78. The van der Waals surface area contributed by atoms with Gasteiger partial charge in [-0.25, -0.2) is 9.69 Å². The molecule has 0 unspecified atom stereocenters. The second-order valence-corrected chi connectivity index (χ2v) is 7.30. The number of benzene rings is 2. The summed E-state index contributed by atoms with van der Waals surface area (Å²) in [5.74, 6) is -0.0159. The van der Waals surface area contributed by atoms with Crippen LogP contribution in [0.1, 0.15) is 16.1 Å². The van der Waals surface area contributed by atoms with E-state index in [1.807, 2.05) is 0 Å². The summed E-state index contributed by atoms with van der Waals surface area (Å²) in [5, 5.41) is 8.72. The average Bonchev–Trinajstić information content (AvgIpc) is 3.33. The molecule has 0 spiro atoms. The highest BCUT2D eigenvalue weighted by Crippen LogP contribution is 2.36. The molecule has 2 amide bonds. The van der Waals surface area contributed by atoms with E-state index in [0.717, 1.165) is 16.7 Å². The maximum Gasteiger partial charge on any atom is 0.335 e. The Morgan fingerprint density at radius 2 is 1.87 bits per heavy atom. The number of aromatic carboxylic acids is 1. The van der Waals surface area contributed by atoms with Crippen molar-refractivity contribution in [2.24, 2.45) is 0 Å². The molecule has 30 heavy (non-hydrogen) atoms. The number of amides is 2. The number of carboxylic acids is 1. The Kier molecular flexibility index (Phi) is 5.16. The topological polar surface area (TPSA) is 97.1 Å². The van der Waals surface area contributed by atoms with Crippen molar-refractivity contribution >= 4 is 40.6 Å². The van der Waals surface area contributed by atoms with Gasteiger partial charge in [-0.05, 0) is 60.3 Å². The molecule has 0 radical (unpaired) electrons. The fraction of sp³-hybridized carbons (Fsp3) is 0.0455. The first kappa shape index (κ1) is 19.5. The average molecular weight is 421 g/mol. The van der Waals surface area contributed by atoms with E-state index in [0.29, 0.717) is 28.5 Å². The number of hydrogen-bond donors (Lipinski definition) is 1. The summed E-state index contributed by atoms with van der Waals surface area (Å²) in [6.45, 7) is 0. The lowest BCUT2D eigenvalue weighted by molar-refractivity contribution is -0.113. The van der Waals surface area contributed by atoms with Gasteiger partial charge in [-0.2, -0.15) is 0 Å². The summed E-state index contributed by atoms with van der Waals surface area (Å²) in [6.07, 6.45) is 1.50. The van der Waals surface area contributed by atoms with Crippen molar-refractivity contribution in [2.45, 2.75) is 0 Å². The lowest BCUT2D eigenvalue weighted by Gasteiger charge is -2.12. The first-order valence-corrected chi connectivity index (χ1v) is 9.63. The lowest BCUT2D eigenvalue weighted by Crippen LogP contribution is -2.27. The smallest absolute Gasteiger partial charge is 0.335 e. The van der Waals surface area contributed by atoms with Crippen molar-refractivity contribution in [3.05, 3.63) is 76.9 Å². The fourth-order valence-electron chi connectivity index (χ4n) is 2.94. The van der Waals surface area contributed by atoms with Gasteiger partial charge in [0, 0.05) is 11.6 Å². The Morgan fingerprint density at radius 1 is 1.10 bits per heavy atom. The molecule has 8 heteroatoms. The number of carbonyl (C=O) groups excluding carboxylic acids is 2. The number of nitrogens with zero attached hydrogens (tertiary/aromatic N) is 1. The monoisotopic (exact) mass is 421 g/mol. The van der Waals surface area contributed by atoms with Gasteiger partial charge < -0.3 is 14.3 Å². The Morgan fingerprint density at radius 3 is 2.57 bits per heavy atom. The molecule has 1 aliphatic rings. The molecular weight excluding hydrogens is 406 g/mol. The molecular formula is C22H15NO6S. The molecule has 0 aliphatic carbocycles. The SMILES string of the molecule is COc1ccc(N2C(=O)S/C(=C/c3ccc(-c4cccc(C(=O)O)c4)o3)C2=O)cc1. The predicted octanol–water partition coefficient (Wildman–Crippen LogP) is 4.89.